The predicted molar refractivity (Wildman–Crippen MR) is 107 cm³/mol. The molecule has 6 heteroatoms. The molecule has 2 aliphatic carbocycles. The SMILES string of the molecule is O=C(N[C@H]1C[C@@H]2C[C@H]1N(S(=O)(=O)c1ccc3c(c1)CCC3)C2)c1ccccc1. The molecule has 1 aliphatic heterocycles. The Morgan fingerprint density at radius 2 is 1.79 bits per heavy atom. The smallest absolute Gasteiger partial charge is 0.251 e. The zero-order valence-electron chi connectivity index (χ0n) is 15.7. The van der Waals surface area contributed by atoms with Crippen LogP contribution in [0.5, 0.6) is 0 Å². The minimum Gasteiger partial charge on any atom is -0.348 e. The summed E-state index contributed by atoms with van der Waals surface area (Å²) in [6.45, 7) is 0.557. The van der Waals surface area contributed by atoms with Crippen LogP contribution in [0.3, 0.4) is 0 Å². The van der Waals surface area contributed by atoms with Crippen LogP contribution in [0.1, 0.15) is 40.7 Å². The van der Waals surface area contributed by atoms with Gasteiger partial charge in [0.1, 0.15) is 0 Å². The van der Waals surface area contributed by atoms with Crippen molar-refractivity contribution in [1.29, 1.82) is 0 Å². The molecule has 2 bridgehead atoms. The van der Waals surface area contributed by atoms with Crippen molar-refractivity contribution in [3.63, 3.8) is 0 Å². The van der Waals surface area contributed by atoms with Crippen LogP contribution in [0.2, 0.25) is 0 Å². The lowest BCUT2D eigenvalue weighted by atomic mass is 10.1. The van der Waals surface area contributed by atoms with E-state index in [0.29, 0.717) is 22.9 Å². The molecule has 1 saturated heterocycles. The Bertz CT molecular complexity index is 1020. The number of hydrogen-bond donors (Lipinski definition) is 1. The number of piperidine rings is 1. The first-order valence-corrected chi connectivity index (χ1v) is 11.5. The van der Waals surface area contributed by atoms with E-state index < -0.39 is 10.0 Å². The highest BCUT2D eigenvalue weighted by Gasteiger charge is 2.50. The number of nitrogens with zero attached hydrogens (tertiary/aromatic N) is 1. The second kappa shape index (κ2) is 6.71. The number of sulfonamides is 1. The van der Waals surface area contributed by atoms with Crippen molar-refractivity contribution in [2.24, 2.45) is 5.92 Å². The lowest BCUT2D eigenvalue weighted by molar-refractivity contribution is 0.0917. The van der Waals surface area contributed by atoms with Gasteiger partial charge >= 0.3 is 0 Å². The van der Waals surface area contributed by atoms with Gasteiger partial charge in [-0.25, -0.2) is 8.42 Å². The number of carbonyl (C=O) groups excluding carboxylic acids is 1. The van der Waals surface area contributed by atoms with Gasteiger partial charge in [0, 0.05) is 24.2 Å². The maximum absolute atomic E-state index is 13.3. The second-order valence-electron chi connectivity index (χ2n) is 8.21. The standard InChI is InChI=1S/C22H24N2O3S/c25-22(17-5-2-1-3-6-17)23-20-11-15-12-21(20)24(14-15)28(26,27)19-10-9-16-7-4-8-18(16)13-19/h1-3,5-6,9-10,13,15,20-21H,4,7-8,11-12,14H2,(H,23,25)/t15-,20+,21-/m1/s1. The van der Waals surface area contributed by atoms with Crippen molar-refractivity contribution in [3.8, 4) is 0 Å². The van der Waals surface area contributed by atoms with E-state index in [-0.39, 0.29) is 18.0 Å². The number of rotatable bonds is 4. The fourth-order valence-electron chi connectivity index (χ4n) is 5.09. The predicted octanol–water partition coefficient (Wildman–Crippen LogP) is 2.76. The van der Waals surface area contributed by atoms with Gasteiger partial charge in [0.25, 0.3) is 5.91 Å². The fraction of sp³-hybridized carbons (Fsp3) is 0.409. The molecule has 0 spiro atoms. The Kier molecular flexibility index (Phi) is 4.29. The summed E-state index contributed by atoms with van der Waals surface area (Å²) in [5.74, 6) is 0.184. The number of benzene rings is 2. The van der Waals surface area contributed by atoms with Gasteiger partial charge in [-0.3, -0.25) is 4.79 Å². The third kappa shape index (κ3) is 2.95. The molecular formula is C22H24N2O3S. The number of nitrogens with one attached hydrogen (secondary N) is 1. The minimum atomic E-state index is -3.54. The van der Waals surface area contributed by atoms with E-state index in [1.165, 1.54) is 11.1 Å². The second-order valence-corrected chi connectivity index (χ2v) is 10.1. The molecule has 1 heterocycles. The van der Waals surface area contributed by atoms with E-state index in [1.807, 2.05) is 30.3 Å². The average molecular weight is 397 g/mol. The third-order valence-electron chi connectivity index (χ3n) is 6.46. The van der Waals surface area contributed by atoms with E-state index in [4.69, 9.17) is 0 Å². The number of carbonyl (C=O) groups is 1. The van der Waals surface area contributed by atoms with Gasteiger partial charge in [-0.15, -0.1) is 0 Å². The van der Waals surface area contributed by atoms with Gasteiger partial charge in [0.2, 0.25) is 10.0 Å². The van der Waals surface area contributed by atoms with Crippen molar-refractivity contribution in [3.05, 3.63) is 65.2 Å². The number of aryl methyl sites for hydroxylation is 2. The molecule has 0 radical (unpaired) electrons. The van der Waals surface area contributed by atoms with Crippen LogP contribution in [-0.4, -0.2) is 37.3 Å². The Labute approximate surface area is 165 Å². The summed E-state index contributed by atoms with van der Waals surface area (Å²) in [6.07, 6.45) is 4.77. The highest BCUT2D eigenvalue weighted by molar-refractivity contribution is 7.89. The first-order chi connectivity index (χ1) is 13.5. The number of fused-ring (bicyclic) bond motifs is 3. The summed E-state index contributed by atoms with van der Waals surface area (Å²) >= 11 is 0. The van der Waals surface area contributed by atoms with Crippen molar-refractivity contribution in [1.82, 2.24) is 9.62 Å². The summed E-state index contributed by atoms with van der Waals surface area (Å²) < 4.78 is 28.3. The van der Waals surface area contributed by atoms with Gasteiger partial charge in [0.05, 0.1) is 4.90 Å². The quantitative estimate of drug-likeness (QED) is 0.864. The Morgan fingerprint density at radius 1 is 1.00 bits per heavy atom. The number of hydrogen-bond acceptors (Lipinski definition) is 3. The van der Waals surface area contributed by atoms with Gasteiger partial charge in [-0.2, -0.15) is 4.31 Å². The monoisotopic (exact) mass is 396 g/mol. The molecule has 2 fully saturated rings. The van der Waals surface area contributed by atoms with E-state index >= 15 is 0 Å². The topological polar surface area (TPSA) is 66.5 Å². The van der Waals surface area contributed by atoms with Gasteiger partial charge in [-0.05, 0) is 73.4 Å². The van der Waals surface area contributed by atoms with Crippen LogP contribution in [0, 0.1) is 5.92 Å². The molecule has 0 unspecified atom stereocenters. The van der Waals surface area contributed by atoms with Crippen molar-refractivity contribution >= 4 is 15.9 Å². The molecule has 1 saturated carbocycles. The number of amides is 1. The summed E-state index contributed by atoms with van der Waals surface area (Å²) in [6, 6.07) is 14.4. The summed E-state index contributed by atoms with van der Waals surface area (Å²) in [5, 5.41) is 3.08. The Morgan fingerprint density at radius 3 is 2.57 bits per heavy atom. The zero-order valence-corrected chi connectivity index (χ0v) is 16.5. The minimum absolute atomic E-state index is 0.129. The van der Waals surface area contributed by atoms with Crippen molar-refractivity contribution in [2.75, 3.05) is 6.54 Å². The molecular weight excluding hydrogens is 372 g/mol. The summed E-state index contributed by atoms with van der Waals surface area (Å²) in [5.41, 5.74) is 3.05. The summed E-state index contributed by atoms with van der Waals surface area (Å²) in [4.78, 5) is 12.9. The Balaban J connectivity index is 1.37. The van der Waals surface area contributed by atoms with Gasteiger partial charge in [0.15, 0.2) is 0 Å². The van der Waals surface area contributed by atoms with Crippen molar-refractivity contribution in [2.45, 2.75) is 49.1 Å². The first kappa shape index (κ1) is 17.9. The van der Waals surface area contributed by atoms with E-state index in [1.54, 1.807) is 22.5 Å². The lowest BCUT2D eigenvalue weighted by Crippen LogP contribution is -2.51. The maximum Gasteiger partial charge on any atom is 0.251 e. The first-order valence-electron chi connectivity index (χ1n) is 10.0. The fourth-order valence-corrected chi connectivity index (χ4v) is 6.89. The van der Waals surface area contributed by atoms with Crippen LogP contribution >= 0.6 is 0 Å². The molecule has 1 amide bonds. The van der Waals surface area contributed by atoms with E-state index in [0.717, 1.165) is 32.1 Å². The van der Waals surface area contributed by atoms with Gasteiger partial charge in [-0.1, -0.05) is 24.3 Å². The normalized spacial score (nSPS) is 26.4. The van der Waals surface area contributed by atoms with Crippen LogP contribution in [0.4, 0.5) is 0 Å². The zero-order chi connectivity index (χ0) is 19.3. The van der Waals surface area contributed by atoms with Crippen LogP contribution < -0.4 is 5.32 Å². The molecule has 3 atom stereocenters. The molecule has 146 valence electrons. The van der Waals surface area contributed by atoms with Crippen molar-refractivity contribution < 1.29 is 13.2 Å². The molecule has 0 aromatic heterocycles. The van der Waals surface area contributed by atoms with Crippen LogP contribution in [-0.2, 0) is 22.9 Å². The summed E-state index contributed by atoms with van der Waals surface area (Å²) in [7, 11) is -3.54. The van der Waals surface area contributed by atoms with Gasteiger partial charge < -0.3 is 5.32 Å². The highest BCUT2D eigenvalue weighted by atomic mass is 32.2. The Hall–Kier alpha value is -2.18. The maximum atomic E-state index is 13.3. The highest BCUT2D eigenvalue weighted by Crippen LogP contribution is 2.41. The lowest BCUT2D eigenvalue weighted by Gasteiger charge is -2.33. The van der Waals surface area contributed by atoms with Crippen LogP contribution in [0.25, 0.3) is 0 Å². The molecule has 2 aromatic rings. The van der Waals surface area contributed by atoms with E-state index in [9.17, 15) is 13.2 Å². The van der Waals surface area contributed by atoms with Crippen LogP contribution in [0.15, 0.2) is 53.4 Å². The largest absolute Gasteiger partial charge is 0.348 e. The molecule has 28 heavy (non-hydrogen) atoms. The molecule has 2 aromatic carbocycles. The molecule has 5 rings (SSSR count). The molecule has 3 aliphatic rings. The molecule has 1 N–H and O–H groups in total. The van der Waals surface area contributed by atoms with E-state index in [2.05, 4.69) is 5.32 Å². The third-order valence-corrected chi connectivity index (χ3v) is 8.35. The molecule has 5 nitrogen and oxygen atoms in total. The average Bonchev–Trinajstić information content (AvgIpc) is 3.43.